The Labute approximate surface area is 127 Å². The maximum atomic E-state index is 4.67. The van der Waals surface area contributed by atoms with Crippen LogP contribution in [0.2, 0.25) is 0 Å². The molecule has 0 saturated carbocycles. The third-order valence-electron chi connectivity index (χ3n) is 4.78. The van der Waals surface area contributed by atoms with E-state index in [0.29, 0.717) is 11.6 Å². The highest BCUT2D eigenvalue weighted by Gasteiger charge is 2.38. The van der Waals surface area contributed by atoms with Crippen molar-refractivity contribution >= 4 is 11.3 Å². The molecule has 0 amide bonds. The van der Waals surface area contributed by atoms with Gasteiger partial charge in [0.1, 0.15) is 5.01 Å². The molecule has 1 saturated heterocycles. The summed E-state index contributed by atoms with van der Waals surface area (Å²) in [6.07, 6.45) is 4.95. The molecule has 0 radical (unpaired) electrons. The maximum absolute atomic E-state index is 4.67. The van der Waals surface area contributed by atoms with Gasteiger partial charge in [0, 0.05) is 35.7 Å². The van der Waals surface area contributed by atoms with Crippen LogP contribution >= 0.6 is 11.3 Å². The molecule has 1 N–H and O–H groups in total. The highest BCUT2D eigenvalue weighted by atomic mass is 32.1. The van der Waals surface area contributed by atoms with Gasteiger partial charge in [-0.2, -0.15) is 0 Å². The summed E-state index contributed by atoms with van der Waals surface area (Å²) in [5.74, 6) is 0. The fourth-order valence-electron chi connectivity index (χ4n) is 3.33. The summed E-state index contributed by atoms with van der Waals surface area (Å²) in [6, 6.07) is 0.646. The summed E-state index contributed by atoms with van der Waals surface area (Å²) in [5, 5.41) is 7.21. The van der Waals surface area contributed by atoms with Crippen LogP contribution in [0.3, 0.4) is 0 Å². The second-order valence-corrected chi connectivity index (χ2v) is 7.00. The molecule has 4 heteroatoms. The lowest BCUT2D eigenvalue weighted by molar-refractivity contribution is 0.0227. The molecular weight excluding hydrogens is 266 g/mol. The van der Waals surface area contributed by atoms with E-state index >= 15 is 0 Å². The highest BCUT2D eigenvalue weighted by Crippen LogP contribution is 2.30. The first kappa shape index (κ1) is 15.9. The van der Waals surface area contributed by atoms with E-state index in [1.54, 1.807) is 11.3 Å². The van der Waals surface area contributed by atoms with Gasteiger partial charge in [-0.15, -0.1) is 11.3 Å². The fourth-order valence-corrected chi connectivity index (χ4v) is 4.12. The number of aryl methyl sites for hydroxylation is 1. The lowest BCUT2D eigenvalue weighted by Gasteiger charge is -2.49. The minimum atomic E-state index is 0.309. The van der Waals surface area contributed by atoms with Crippen molar-refractivity contribution in [2.75, 3.05) is 13.1 Å². The van der Waals surface area contributed by atoms with Crippen molar-refractivity contribution < 1.29 is 0 Å². The number of aromatic nitrogens is 1. The molecule has 3 nitrogen and oxygen atoms in total. The average molecular weight is 295 g/mol. The Morgan fingerprint density at radius 1 is 1.40 bits per heavy atom. The van der Waals surface area contributed by atoms with Crippen molar-refractivity contribution in [3.8, 4) is 0 Å². The van der Waals surface area contributed by atoms with Crippen molar-refractivity contribution in [2.24, 2.45) is 0 Å². The number of nitrogens with one attached hydrogen (secondary N) is 1. The molecule has 0 aliphatic carbocycles. The summed E-state index contributed by atoms with van der Waals surface area (Å²) in [7, 11) is 0. The number of nitrogens with zero attached hydrogens (tertiary/aromatic N) is 2. The molecule has 20 heavy (non-hydrogen) atoms. The summed E-state index contributed by atoms with van der Waals surface area (Å²) in [5.41, 5.74) is 1.47. The second kappa shape index (κ2) is 7.01. The van der Waals surface area contributed by atoms with Crippen LogP contribution in [0.4, 0.5) is 0 Å². The van der Waals surface area contributed by atoms with Crippen molar-refractivity contribution in [1.29, 1.82) is 0 Å². The van der Waals surface area contributed by atoms with Gasteiger partial charge in [0.05, 0.1) is 6.54 Å². The van der Waals surface area contributed by atoms with Crippen LogP contribution in [0.25, 0.3) is 0 Å². The molecular formula is C16H29N3S. The molecule has 1 aromatic heterocycles. The lowest BCUT2D eigenvalue weighted by Crippen LogP contribution is -2.63. The van der Waals surface area contributed by atoms with Crippen LogP contribution < -0.4 is 5.32 Å². The normalized spacial score (nSPS) is 23.1. The van der Waals surface area contributed by atoms with Gasteiger partial charge in [0.2, 0.25) is 0 Å². The molecule has 0 aromatic carbocycles. The van der Waals surface area contributed by atoms with E-state index in [-0.39, 0.29) is 0 Å². The SMILES string of the molecule is CCCC1CN(Cc2nc(C)cs2)C(CC)(CC)CN1. The number of rotatable bonds is 6. The lowest BCUT2D eigenvalue weighted by atomic mass is 9.86. The van der Waals surface area contributed by atoms with Crippen LogP contribution in [-0.4, -0.2) is 34.6 Å². The topological polar surface area (TPSA) is 28.2 Å². The van der Waals surface area contributed by atoms with Gasteiger partial charge in [-0.25, -0.2) is 4.98 Å². The zero-order valence-corrected chi connectivity index (χ0v) is 14.2. The van der Waals surface area contributed by atoms with Gasteiger partial charge < -0.3 is 5.32 Å². The average Bonchev–Trinajstić information content (AvgIpc) is 2.86. The first-order valence-corrected chi connectivity index (χ1v) is 8.91. The van der Waals surface area contributed by atoms with Crippen molar-refractivity contribution in [3.63, 3.8) is 0 Å². The van der Waals surface area contributed by atoms with Crippen LogP contribution in [-0.2, 0) is 6.54 Å². The maximum Gasteiger partial charge on any atom is 0.107 e. The van der Waals surface area contributed by atoms with Gasteiger partial charge in [-0.3, -0.25) is 4.90 Å². The Morgan fingerprint density at radius 3 is 2.70 bits per heavy atom. The zero-order chi connectivity index (χ0) is 14.6. The first-order valence-electron chi connectivity index (χ1n) is 8.03. The monoisotopic (exact) mass is 295 g/mol. The third-order valence-corrected chi connectivity index (χ3v) is 5.73. The van der Waals surface area contributed by atoms with E-state index in [9.17, 15) is 0 Å². The van der Waals surface area contributed by atoms with Gasteiger partial charge in [-0.1, -0.05) is 27.2 Å². The minimum Gasteiger partial charge on any atom is -0.311 e. The number of thiazole rings is 1. The largest absolute Gasteiger partial charge is 0.311 e. The Hall–Kier alpha value is -0.450. The molecule has 114 valence electrons. The van der Waals surface area contributed by atoms with E-state index in [4.69, 9.17) is 0 Å². The van der Waals surface area contributed by atoms with Crippen LogP contribution in [0.5, 0.6) is 0 Å². The summed E-state index contributed by atoms with van der Waals surface area (Å²) in [4.78, 5) is 7.36. The third kappa shape index (κ3) is 3.41. The Morgan fingerprint density at radius 2 is 2.15 bits per heavy atom. The predicted octanol–water partition coefficient (Wildman–Crippen LogP) is 3.58. The van der Waals surface area contributed by atoms with E-state index in [1.165, 1.54) is 30.7 Å². The smallest absolute Gasteiger partial charge is 0.107 e. The Bertz CT molecular complexity index is 412. The van der Waals surface area contributed by atoms with Crippen molar-refractivity contribution in [3.05, 3.63) is 16.1 Å². The summed E-state index contributed by atoms with van der Waals surface area (Å²) in [6.45, 7) is 12.3. The van der Waals surface area contributed by atoms with Crippen LogP contribution in [0.15, 0.2) is 5.38 Å². The number of hydrogen-bond donors (Lipinski definition) is 1. The Kier molecular flexibility index (Phi) is 5.58. The van der Waals surface area contributed by atoms with Crippen LogP contribution in [0.1, 0.15) is 57.2 Å². The van der Waals surface area contributed by atoms with Crippen molar-refractivity contribution in [2.45, 2.75) is 71.5 Å². The van der Waals surface area contributed by atoms with E-state index in [1.807, 2.05) is 0 Å². The quantitative estimate of drug-likeness (QED) is 0.869. The molecule has 0 bridgehead atoms. The summed E-state index contributed by atoms with van der Waals surface area (Å²) < 4.78 is 0. The molecule has 1 aliphatic rings. The molecule has 1 aliphatic heterocycles. The molecule has 1 fully saturated rings. The molecule has 1 atom stereocenters. The van der Waals surface area contributed by atoms with E-state index < -0.39 is 0 Å². The predicted molar refractivity (Wildman–Crippen MR) is 87.3 cm³/mol. The standard InChI is InChI=1S/C16H29N3S/c1-5-8-14-9-19(10-15-18-13(4)11-20-15)16(6-2,7-3)12-17-14/h11,14,17H,5-10,12H2,1-4H3. The molecule has 1 aromatic rings. The van der Waals surface area contributed by atoms with Gasteiger partial charge in [0.25, 0.3) is 0 Å². The second-order valence-electron chi connectivity index (χ2n) is 6.06. The van der Waals surface area contributed by atoms with E-state index in [2.05, 4.69) is 48.3 Å². The zero-order valence-electron chi connectivity index (χ0n) is 13.4. The van der Waals surface area contributed by atoms with E-state index in [0.717, 1.165) is 25.3 Å². The van der Waals surface area contributed by atoms with Gasteiger partial charge in [0.15, 0.2) is 0 Å². The first-order chi connectivity index (χ1) is 9.63. The summed E-state index contributed by atoms with van der Waals surface area (Å²) >= 11 is 1.81. The molecule has 0 spiro atoms. The van der Waals surface area contributed by atoms with Crippen LogP contribution in [0, 0.1) is 6.92 Å². The minimum absolute atomic E-state index is 0.309. The van der Waals surface area contributed by atoms with Gasteiger partial charge >= 0.3 is 0 Å². The highest BCUT2D eigenvalue weighted by molar-refractivity contribution is 7.09. The fraction of sp³-hybridized carbons (Fsp3) is 0.812. The Balaban J connectivity index is 2.12. The van der Waals surface area contributed by atoms with Crippen molar-refractivity contribution in [1.82, 2.24) is 15.2 Å². The molecule has 2 rings (SSSR count). The number of piperazine rings is 1. The molecule has 1 unspecified atom stereocenters. The van der Waals surface area contributed by atoms with Gasteiger partial charge in [-0.05, 0) is 26.2 Å². The molecule has 2 heterocycles. The number of hydrogen-bond acceptors (Lipinski definition) is 4.